The topological polar surface area (TPSA) is 103 Å². The van der Waals surface area contributed by atoms with E-state index >= 15 is 0 Å². The summed E-state index contributed by atoms with van der Waals surface area (Å²) in [5, 5.41) is 5.38. The lowest BCUT2D eigenvalue weighted by atomic mass is 9.86. The Hall–Kier alpha value is -3.55. The lowest BCUT2D eigenvalue weighted by Crippen LogP contribution is -2.46. The minimum absolute atomic E-state index is 0.0280. The monoisotopic (exact) mass is 468 g/mol. The van der Waals surface area contributed by atoms with E-state index in [9.17, 15) is 14.4 Å². The molecule has 2 N–H and O–H groups in total. The van der Waals surface area contributed by atoms with E-state index < -0.39 is 24.5 Å². The fourth-order valence-corrected chi connectivity index (χ4v) is 3.39. The molecule has 182 valence electrons. The van der Waals surface area contributed by atoms with E-state index in [0.717, 1.165) is 5.56 Å². The number of nitrogens with one attached hydrogen (secondary N) is 2. The minimum Gasteiger partial charge on any atom is -0.486 e. The molecule has 0 radical (unpaired) electrons. The first-order valence-electron chi connectivity index (χ1n) is 11.3. The van der Waals surface area contributed by atoms with Crippen LogP contribution < -0.4 is 20.1 Å². The molecule has 0 bridgehead atoms. The molecule has 2 aromatic carbocycles. The van der Waals surface area contributed by atoms with Gasteiger partial charge < -0.3 is 24.8 Å². The molecule has 1 unspecified atom stereocenters. The highest BCUT2D eigenvalue weighted by Gasteiger charge is 2.27. The van der Waals surface area contributed by atoms with Gasteiger partial charge in [-0.3, -0.25) is 9.59 Å². The number of hydrogen-bond donors (Lipinski definition) is 2. The summed E-state index contributed by atoms with van der Waals surface area (Å²) in [4.78, 5) is 37.6. The number of hydrogen-bond acceptors (Lipinski definition) is 6. The second kappa shape index (κ2) is 10.6. The fourth-order valence-electron chi connectivity index (χ4n) is 3.39. The first-order chi connectivity index (χ1) is 16.0. The summed E-state index contributed by atoms with van der Waals surface area (Å²) in [5.41, 5.74) is 2.02. The van der Waals surface area contributed by atoms with Crippen molar-refractivity contribution in [2.45, 2.75) is 46.1 Å². The van der Waals surface area contributed by atoms with Crippen molar-refractivity contribution < 1.29 is 28.6 Å². The van der Waals surface area contributed by atoms with Gasteiger partial charge in [-0.2, -0.15) is 0 Å². The highest BCUT2D eigenvalue weighted by atomic mass is 16.6. The van der Waals surface area contributed by atoms with Gasteiger partial charge in [-0.1, -0.05) is 46.8 Å². The summed E-state index contributed by atoms with van der Waals surface area (Å²) >= 11 is 0. The van der Waals surface area contributed by atoms with Crippen LogP contribution in [0.15, 0.2) is 42.5 Å². The van der Waals surface area contributed by atoms with Crippen molar-refractivity contribution in [3.63, 3.8) is 0 Å². The molecule has 1 atom stereocenters. The SMILES string of the molecule is CC(C)C(NC(=O)c1ccc(C(C)(C)C)cc1)C(=O)OCC(=O)Nc1ccc2c(c1)OCCO2. The molecule has 3 rings (SSSR count). The number of rotatable bonds is 7. The average Bonchev–Trinajstić information content (AvgIpc) is 2.80. The van der Waals surface area contributed by atoms with Crippen LogP contribution in [-0.4, -0.2) is 43.6 Å². The minimum atomic E-state index is -0.892. The fraction of sp³-hybridized carbons (Fsp3) is 0.423. The maximum atomic E-state index is 12.7. The summed E-state index contributed by atoms with van der Waals surface area (Å²) in [7, 11) is 0. The largest absolute Gasteiger partial charge is 0.486 e. The summed E-state index contributed by atoms with van der Waals surface area (Å²) in [6.07, 6.45) is 0. The lowest BCUT2D eigenvalue weighted by molar-refractivity contribution is -0.150. The molecule has 2 amide bonds. The molecular weight excluding hydrogens is 436 g/mol. The number of ether oxygens (including phenoxy) is 3. The number of carbonyl (C=O) groups excluding carboxylic acids is 3. The Morgan fingerprint density at radius 3 is 2.24 bits per heavy atom. The second-order valence-corrected chi connectivity index (χ2v) is 9.54. The van der Waals surface area contributed by atoms with Crippen molar-refractivity contribution in [3.8, 4) is 11.5 Å². The molecule has 1 heterocycles. The van der Waals surface area contributed by atoms with Gasteiger partial charge in [0.1, 0.15) is 19.3 Å². The maximum Gasteiger partial charge on any atom is 0.329 e. The third-order valence-electron chi connectivity index (χ3n) is 5.39. The molecule has 1 aliphatic heterocycles. The summed E-state index contributed by atoms with van der Waals surface area (Å²) in [5.74, 6) is -0.634. The first kappa shape index (κ1) is 25.1. The van der Waals surface area contributed by atoms with Crippen molar-refractivity contribution in [1.29, 1.82) is 0 Å². The van der Waals surface area contributed by atoms with Gasteiger partial charge in [0.05, 0.1) is 0 Å². The molecule has 0 spiro atoms. The van der Waals surface area contributed by atoms with Crippen LogP contribution in [0.2, 0.25) is 0 Å². The Kier molecular flexibility index (Phi) is 7.81. The molecule has 2 aromatic rings. The zero-order valence-corrected chi connectivity index (χ0v) is 20.3. The molecule has 0 aromatic heterocycles. The van der Waals surface area contributed by atoms with E-state index in [2.05, 4.69) is 31.4 Å². The van der Waals surface area contributed by atoms with Crippen LogP contribution in [0.1, 0.15) is 50.5 Å². The van der Waals surface area contributed by atoms with E-state index in [0.29, 0.717) is 36.0 Å². The van der Waals surface area contributed by atoms with Crippen molar-refractivity contribution in [1.82, 2.24) is 5.32 Å². The number of esters is 1. The van der Waals surface area contributed by atoms with Crippen LogP contribution in [0.5, 0.6) is 11.5 Å². The predicted molar refractivity (Wildman–Crippen MR) is 128 cm³/mol. The lowest BCUT2D eigenvalue weighted by Gasteiger charge is -2.22. The highest BCUT2D eigenvalue weighted by Crippen LogP contribution is 2.32. The quantitative estimate of drug-likeness (QED) is 0.601. The van der Waals surface area contributed by atoms with Crippen LogP contribution in [0.25, 0.3) is 0 Å². The maximum absolute atomic E-state index is 12.7. The Morgan fingerprint density at radius 1 is 0.971 bits per heavy atom. The Balaban J connectivity index is 1.55. The number of fused-ring (bicyclic) bond motifs is 1. The zero-order valence-electron chi connectivity index (χ0n) is 20.3. The van der Waals surface area contributed by atoms with Crippen LogP contribution in [-0.2, 0) is 19.7 Å². The Labute approximate surface area is 200 Å². The third kappa shape index (κ3) is 6.50. The number of benzene rings is 2. The van der Waals surface area contributed by atoms with Crippen molar-refractivity contribution in [3.05, 3.63) is 53.6 Å². The normalized spacial score (nSPS) is 13.7. The predicted octanol–water partition coefficient (Wildman–Crippen LogP) is 3.69. The molecule has 8 heteroatoms. The first-order valence-corrected chi connectivity index (χ1v) is 11.3. The molecule has 0 aliphatic carbocycles. The number of anilines is 1. The molecule has 34 heavy (non-hydrogen) atoms. The number of amides is 2. The van der Waals surface area contributed by atoms with Gasteiger partial charge in [-0.05, 0) is 41.2 Å². The average molecular weight is 469 g/mol. The summed E-state index contributed by atoms with van der Waals surface area (Å²) in [6, 6.07) is 11.4. The molecule has 0 saturated carbocycles. The standard InChI is InChI=1S/C26H32N2O6/c1-16(2)23(28-24(30)17-6-8-18(9-7-17)26(3,4)5)25(31)34-15-22(29)27-19-10-11-20-21(14-19)33-13-12-32-20/h6-11,14,16,23H,12-13,15H2,1-5H3,(H,27,29)(H,28,30). The van der Waals surface area contributed by atoms with E-state index in [1.807, 2.05) is 12.1 Å². The van der Waals surface area contributed by atoms with E-state index in [1.54, 1.807) is 44.2 Å². The van der Waals surface area contributed by atoms with Crippen molar-refractivity contribution in [2.24, 2.45) is 5.92 Å². The molecule has 1 aliphatic rings. The van der Waals surface area contributed by atoms with E-state index in [1.165, 1.54) is 0 Å². The van der Waals surface area contributed by atoms with E-state index in [-0.39, 0.29) is 17.2 Å². The molecular formula is C26H32N2O6. The van der Waals surface area contributed by atoms with Gasteiger partial charge >= 0.3 is 5.97 Å². The molecule has 0 fully saturated rings. The van der Waals surface area contributed by atoms with Crippen molar-refractivity contribution in [2.75, 3.05) is 25.1 Å². The Morgan fingerprint density at radius 2 is 1.62 bits per heavy atom. The van der Waals surface area contributed by atoms with Crippen molar-refractivity contribution >= 4 is 23.5 Å². The third-order valence-corrected chi connectivity index (χ3v) is 5.39. The van der Waals surface area contributed by atoms with Gasteiger partial charge in [-0.25, -0.2) is 4.79 Å². The van der Waals surface area contributed by atoms with Crippen LogP contribution in [0, 0.1) is 5.92 Å². The van der Waals surface area contributed by atoms with Crippen LogP contribution in [0.3, 0.4) is 0 Å². The van der Waals surface area contributed by atoms with E-state index in [4.69, 9.17) is 14.2 Å². The summed E-state index contributed by atoms with van der Waals surface area (Å²) < 4.78 is 16.1. The highest BCUT2D eigenvalue weighted by molar-refractivity contribution is 5.97. The molecule has 0 saturated heterocycles. The smallest absolute Gasteiger partial charge is 0.329 e. The van der Waals surface area contributed by atoms with Crippen LogP contribution >= 0.6 is 0 Å². The number of carbonyl (C=O) groups is 3. The van der Waals surface area contributed by atoms with Gasteiger partial charge in [0, 0.05) is 17.3 Å². The van der Waals surface area contributed by atoms with Crippen LogP contribution in [0.4, 0.5) is 5.69 Å². The second-order valence-electron chi connectivity index (χ2n) is 9.54. The van der Waals surface area contributed by atoms with Gasteiger partial charge in [0.25, 0.3) is 11.8 Å². The Bertz CT molecular complexity index is 1040. The van der Waals surface area contributed by atoms with Gasteiger partial charge in [0.15, 0.2) is 18.1 Å². The molecule has 8 nitrogen and oxygen atoms in total. The summed E-state index contributed by atoms with van der Waals surface area (Å²) in [6.45, 7) is 10.3. The van der Waals surface area contributed by atoms with Gasteiger partial charge in [-0.15, -0.1) is 0 Å². The van der Waals surface area contributed by atoms with Gasteiger partial charge in [0.2, 0.25) is 0 Å². The zero-order chi connectivity index (χ0) is 24.9.